The van der Waals surface area contributed by atoms with E-state index in [-0.39, 0.29) is 24.3 Å². The molecule has 0 heterocycles. The molecular weight excluding hydrogens is 500 g/mol. The van der Waals surface area contributed by atoms with E-state index in [1.165, 1.54) is 0 Å². The zero-order chi connectivity index (χ0) is 25.4. The molecule has 4 nitrogen and oxygen atoms in total. The van der Waals surface area contributed by atoms with Crippen LogP contribution in [0.4, 0.5) is 0 Å². The van der Waals surface area contributed by atoms with Gasteiger partial charge in [0.25, 0.3) is 0 Å². The van der Waals surface area contributed by atoms with E-state index in [9.17, 15) is 9.59 Å². The summed E-state index contributed by atoms with van der Waals surface area (Å²) in [4.78, 5) is 29.1. The van der Waals surface area contributed by atoms with Crippen molar-refractivity contribution in [3.63, 3.8) is 0 Å². The molecule has 1 N–H and O–H groups in total. The van der Waals surface area contributed by atoms with Gasteiger partial charge in [0.15, 0.2) is 0 Å². The second-order valence-electron chi connectivity index (χ2n) is 9.34. The number of amides is 2. The van der Waals surface area contributed by atoms with E-state index in [0.717, 1.165) is 38.7 Å². The Kier molecular flexibility index (Phi) is 9.67. The van der Waals surface area contributed by atoms with Crippen molar-refractivity contribution in [2.75, 3.05) is 0 Å². The molecule has 0 saturated heterocycles. The van der Waals surface area contributed by atoms with Gasteiger partial charge in [-0.05, 0) is 56.0 Å². The molecule has 184 valence electrons. The highest BCUT2D eigenvalue weighted by Crippen LogP contribution is 2.19. The summed E-state index contributed by atoms with van der Waals surface area (Å²) in [7, 11) is 0. The van der Waals surface area contributed by atoms with Crippen LogP contribution in [0, 0.1) is 13.8 Å². The predicted octanol–water partition coefficient (Wildman–Crippen LogP) is 6.16. The molecule has 0 spiro atoms. The van der Waals surface area contributed by atoms with Gasteiger partial charge in [-0.25, -0.2) is 0 Å². The first-order valence-corrected chi connectivity index (χ1v) is 13.0. The first kappa shape index (κ1) is 26.7. The van der Waals surface area contributed by atoms with Crippen LogP contribution in [0.2, 0.25) is 0 Å². The lowest BCUT2D eigenvalue weighted by Gasteiger charge is -2.32. The van der Waals surface area contributed by atoms with Crippen molar-refractivity contribution in [2.45, 2.75) is 65.6 Å². The van der Waals surface area contributed by atoms with Gasteiger partial charge in [-0.2, -0.15) is 0 Å². The average Bonchev–Trinajstić information content (AvgIpc) is 2.82. The molecule has 0 fully saturated rings. The monoisotopic (exact) mass is 534 g/mol. The van der Waals surface area contributed by atoms with Crippen LogP contribution in [-0.4, -0.2) is 28.8 Å². The Labute approximate surface area is 217 Å². The Bertz CT molecular complexity index is 1110. The van der Waals surface area contributed by atoms with E-state index in [1.807, 2.05) is 94.4 Å². The molecule has 0 bridgehead atoms. The molecular formula is C30H35BrN2O2. The molecule has 0 aliphatic carbocycles. The highest BCUT2D eigenvalue weighted by Gasteiger charge is 2.31. The van der Waals surface area contributed by atoms with Crippen LogP contribution in [0.5, 0.6) is 0 Å². The molecule has 0 aliphatic rings. The highest BCUT2D eigenvalue weighted by molar-refractivity contribution is 9.10. The third kappa shape index (κ3) is 8.07. The molecule has 0 aromatic heterocycles. The molecule has 3 rings (SSSR count). The Balaban J connectivity index is 1.98. The summed E-state index contributed by atoms with van der Waals surface area (Å²) in [6.07, 6.45) is 1.53. The number of carbonyl (C=O) groups is 2. The standard InChI is InChI=1S/C30H35BrN2O2/c1-5-23(4)32-30(35)28(18-24-9-7-6-8-10-24)33(20-25-11-13-27(31)14-12-25)29(34)19-26-16-21(2)15-22(3)17-26/h6-17,23,28H,5,18-20H2,1-4H3,(H,32,35). The van der Waals surface area contributed by atoms with Gasteiger partial charge in [0.1, 0.15) is 6.04 Å². The Morgan fingerprint density at radius 3 is 2.11 bits per heavy atom. The number of halogens is 1. The van der Waals surface area contributed by atoms with E-state index < -0.39 is 6.04 Å². The maximum absolute atomic E-state index is 13.8. The fourth-order valence-corrected chi connectivity index (χ4v) is 4.49. The second kappa shape index (κ2) is 12.7. The van der Waals surface area contributed by atoms with Gasteiger partial charge in [-0.15, -0.1) is 0 Å². The van der Waals surface area contributed by atoms with E-state index in [4.69, 9.17) is 0 Å². The minimum absolute atomic E-state index is 0.0322. The first-order valence-electron chi connectivity index (χ1n) is 12.2. The van der Waals surface area contributed by atoms with Crippen LogP contribution < -0.4 is 5.32 Å². The number of hydrogen-bond acceptors (Lipinski definition) is 2. The molecule has 35 heavy (non-hydrogen) atoms. The van der Waals surface area contributed by atoms with Crippen molar-refractivity contribution in [2.24, 2.45) is 0 Å². The Morgan fingerprint density at radius 2 is 1.51 bits per heavy atom. The lowest BCUT2D eigenvalue weighted by molar-refractivity contribution is -0.141. The van der Waals surface area contributed by atoms with Gasteiger partial charge in [0.05, 0.1) is 6.42 Å². The lowest BCUT2D eigenvalue weighted by atomic mass is 10.00. The number of benzene rings is 3. The van der Waals surface area contributed by atoms with Crippen LogP contribution in [0.25, 0.3) is 0 Å². The number of aryl methyl sites for hydroxylation is 2. The van der Waals surface area contributed by atoms with Gasteiger partial charge in [-0.1, -0.05) is 94.6 Å². The third-order valence-corrected chi connectivity index (χ3v) is 6.70. The van der Waals surface area contributed by atoms with Gasteiger partial charge in [0, 0.05) is 23.5 Å². The normalized spacial score (nSPS) is 12.6. The fourth-order valence-electron chi connectivity index (χ4n) is 4.23. The minimum atomic E-state index is -0.617. The number of rotatable bonds is 10. The number of nitrogens with one attached hydrogen (secondary N) is 1. The predicted molar refractivity (Wildman–Crippen MR) is 146 cm³/mol. The molecule has 5 heteroatoms. The number of nitrogens with zero attached hydrogens (tertiary/aromatic N) is 1. The van der Waals surface area contributed by atoms with Crippen molar-refractivity contribution >= 4 is 27.7 Å². The summed E-state index contributed by atoms with van der Waals surface area (Å²) in [6, 6.07) is 23.5. The molecule has 0 aliphatic heterocycles. The summed E-state index contributed by atoms with van der Waals surface area (Å²) in [6.45, 7) is 8.48. The van der Waals surface area contributed by atoms with Crippen molar-refractivity contribution in [3.05, 3.63) is 105 Å². The maximum atomic E-state index is 13.8. The smallest absolute Gasteiger partial charge is 0.243 e. The quantitative estimate of drug-likeness (QED) is 0.338. The first-order chi connectivity index (χ1) is 16.7. The van der Waals surface area contributed by atoms with Crippen LogP contribution in [-0.2, 0) is 29.0 Å². The summed E-state index contributed by atoms with van der Waals surface area (Å²) in [5.74, 6) is -0.174. The molecule has 0 radical (unpaired) electrons. The molecule has 2 amide bonds. The van der Waals surface area contributed by atoms with Gasteiger partial charge < -0.3 is 10.2 Å². The Morgan fingerprint density at radius 1 is 0.886 bits per heavy atom. The summed E-state index contributed by atoms with van der Waals surface area (Å²) in [5.41, 5.74) is 5.23. The zero-order valence-corrected chi connectivity index (χ0v) is 22.6. The third-order valence-electron chi connectivity index (χ3n) is 6.18. The molecule has 3 aromatic carbocycles. The van der Waals surface area contributed by atoms with Crippen molar-refractivity contribution in [3.8, 4) is 0 Å². The van der Waals surface area contributed by atoms with E-state index in [2.05, 4.69) is 27.3 Å². The zero-order valence-electron chi connectivity index (χ0n) is 21.1. The molecule has 0 saturated carbocycles. The van der Waals surface area contributed by atoms with Crippen LogP contribution >= 0.6 is 15.9 Å². The fraction of sp³-hybridized carbons (Fsp3) is 0.333. The highest BCUT2D eigenvalue weighted by atomic mass is 79.9. The van der Waals surface area contributed by atoms with Crippen molar-refractivity contribution in [1.29, 1.82) is 0 Å². The second-order valence-corrected chi connectivity index (χ2v) is 10.3. The Hall–Kier alpha value is -2.92. The molecule has 2 atom stereocenters. The summed E-state index contributed by atoms with van der Waals surface area (Å²) in [5, 5.41) is 3.12. The van der Waals surface area contributed by atoms with Crippen LogP contribution in [0.3, 0.4) is 0 Å². The van der Waals surface area contributed by atoms with Gasteiger partial charge in [-0.3, -0.25) is 9.59 Å². The van der Waals surface area contributed by atoms with Gasteiger partial charge in [0.2, 0.25) is 11.8 Å². The van der Waals surface area contributed by atoms with Crippen molar-refractivity contribution in [1.82, 2.24) is 10.2 Å². The molecule has 2 unspecified atom stereocenters. The largest absolute Gasteiger partial charge is 0.352 e. The van der Waals surface area contributed by atoms with Gasteiger partial charge >= 0.3 is 0 Å². The SMILES string of the molecule is CCC(C)NC(=O)C(Cc1ccccc1)N(Cc1ccc(Br)cc1)C(=O)Cc1cc(C)cc(C)c1. The maximum Gasteiger partial charge on any atom is 0.243 e. The molecule has 3 aromatic rings. The van der Waals surface area contributed by atoms with Crippen molar-refractivity contribution < 1.29 is 9.59 Å². The number of hydrogen-bond donors (Lipinski definition) is 1. The summed E-state index contributed by atoms with van der Waals surface area (Å²) >= 11 is 3.49. The summed E-state index contributed by atoms with van der Waals surface area (Å²) < 4.78 is 0.977. The number of carbonyl (C=O) groups excluding carboxylic acids is 2. The van der Waals surface area contributed by atoms with E-state index in [0.29, 0.717) is 13.0 Å². The lowest BCUT2D eigenvalue weighted by Crippen LogP contribution is -2.52. The topological polar surface area (TPSA) is 49.4 Å². The van der Waals surface area contributed by atoms with E-state index >= 15 is 0 Å². The average molecular weight is 536 g/mol. The minimum Gasteiger partial charge on any atom is -0.352 e. The van der Waals surface area contributed by atoms with Crippen LogP contribution in [0.1, 0.15) is 48.1 Å². The van der Waals surface area contributed by atoms with E-state index in [1.54, 1.807) is 4.90 Å². The van der Waals surface area contributed by atoms with Crippen LogP contribution in [0.15, 0.2) is 77.3 Å².